The van der Waals surface area contributed by atoms with Crippen molar-refractivity contribution in [2.24, 2.45) is 5.92 Å². The molecule has 0 bridgehead atoms. The molecule has 0 saturated carbocycles. The van der Waals surface area contributed by atoms with E-state index in [-0.39, 0.29) is 16.6 Å². The van der Waals surface area contributed by atoms with E-state index in [0.29, 0.717) is 31.4 Å². The molecule has 0 aliphatic heterocycles. The van der Waals surface area contributed by atoms with Gasteiger partial charge in [0.05, 0.1) is 31.1 Å². The molecule has 1 unspecified atom stereocenters. The molecule has 20 heavy (non-hydrogen) atoms. The van der Waals surface area contributed by atoms with Crippen LogP contribution in [0.25, 0.3) is 0 Å². The highest BCUT2D eigenvalue weighted by Crippen LogP contribution is 2.19. The summed E-state index contributed by atoms with van der Waals surface area (Å²) in [6, 6.07) is 0.0731. The lowest BCUT2D eigenvalue weighted by molar-refractivity contribution is 0.127. The molecule has 0 aliphatic carbocycles. The van der Waals surface area contributed by atoms with Crippen molar-refractivity contribution in [1.29, 1.82) is 0 Å². The molecular weight excluding hydrogens is 278 g/mol. The molecular formula is C14H22ClN3O2. The SMILES string of the molecule is C=CCn1ncc(NC(COCC)C(C)C)c(Cl)c1=O. The highest BCUT2D eigenvalue weighted by Gasteiger charge is 2.16. The lowest BCUT2D eigenvalue weighted by Gasteiger charge is -2.23. The van der Waals surface area contributed by atoms with Crippen LogP contribution in [0, 0.1) is 5.92 Å². The van der Waals surface area contributed by atoms with Crippen molar-refractivity contribution in [2.75, 3.05) is 18.5 Å². The van der Waals surface area contributed by atoms with Crippen LogP contribution >= 0.6 is 11.6 Å². The number of aromatic nitrogens is 2. The fourth-order valence-corrected chi connectivity index (χ4v) is 1.86. The first kappa shape index (κ1) is 16.7. The number of nitrogens with one attached hydrogen (secondary N) is 1. The van der Waals surface area contributed by atoms with E-state index >= 15 is 0 Å². The van der Waals surface area contributed by atoms with E-state index in [4.69, 9.17) is 16.3 Å². The summed E-state index contributed by atoms with van der Waals surface area (Å²) in [6.45, 7) is 11.2. The first-order chi connectivity index (χ1) is 9.51. The van der Waals surface area contributed by atoms with Gasteiger partial charge in [0, 0.05) is 6.61 Å². The fraction of sp³-hybridized carbons (Fsp3) is 0.571. The Morgan fingerprint density at radius 1 is 1.60 bits per heavy atom. The van der Waals surface area contributed by atoms with Crippen LogP contribution in [0.5, 0.6) is 0 Å². The summed E-state index contributed by atoms with van der Waals surface area (Å²) in [5.74, 6) is 0.341. The number of hydrogen-bond acceptors (Lipinski definition) is 4. The Hall–Kier alpha value is -1.33. The molecule has 5 nitrogen and oxygen atoms in total. The van der Waals surface area contributed by atoms with Gasteiger partial charge in [-0.3, -0.25) is 4.79 Å². The van der Waals surface area contributed by atoms with E-state index in [9.17, 15) is 4.79 Å². The largest absolute Gasteiger partial charge is 0.380 e. The number of nitrogens with zero attached hydrogens (tertiary/aromatic N) is 2. The van der Waals surface area contributed by atoms with Crippen molar-refractivity contribution in [3.8, 4) is 0 Å². The zero-order valence-corrected chi connectivity index (χ0v) is 13.0. The summed E-state index contributed by atoms with van der Waals surface area (Å²) >= 11 is 6.11. The number of rotatable bonds is 8. The minimum atomic E-state index is -0.324. The molecule has 0 radical (unpaired) electrons. The number of anilines is 1. The summed E-state index contributed by atoms with van der Waals surface area (Å²) in [5.41, 5.74) is 0.214. The van der Waals surface area contributed by atoms with Crippen LogP contribution in [0.15, 0.2) is 23.6 Å². The maximum Gasteiger partial charge on any atom is 0.287 e. The number of halogens is 1. The van der Waals surface area contributed by atoms with E-state index in [1.165, 1.54) is 4.68 Å². The van der Waals surface area contributed by atoms with E-state index in [0.717, 1.165) is 0 Å². The number of hydrogen-bond donors (Lipinski definition) is 1. The van der Waals surface area contributed by atoms with Gasteiger partial charge in [-0.25, -0.2) is 4.68 Å². The Balaban J connectivity index is 2.93. The standard InChI is InChI=1S/C14H22ClN3O2/c1-5-7-18-14(19)13(15)11(8-16-18)17-12(10(3)4)9-20-6-2/h5,8,10,12,17H,1,6-7,9H2,2-4H3. The van der Waals surface area contributed by atoms with Crippen LogP contribution in [0.4, 0.5) is 5.69 Å². The second-order valence-electron chi connectivity index (χ2n) is 4.80. The molecule has 0 spiro atoms. The van der Waals surface area contributed by atoms with Crippen LogP contribution < -0.4 is 10.9 Å². The van der Waals surface area contributed by atoms with Gasteiger partial charge >= 0.3 is 0 Å². The Labute approximate surface area is 124 Å². The molecule has 6 heteroatoms. The van der Waals surface area contributed by atoms with E-state index in [1.807, 2.05) is 6.92 Å². The summed E-state index contributed by atoms with van der Waals surface area (Å²) < 4.78 is 6.71. The predicted octanol–water partition coefficient (Wildman–Crippen LogP) is 2.56. The van der Waals surface area contributed by atoms with Gasteiger partial charge in [-0.15, -0.1) is 6.58 Å². The smallest absolute Gasteiger partial charge is 0.287 e. The molecule has 1 N–H and O–H groups in total. The van der Waals surface area contributed by atoms with Crippen LogP contribution in [0.1, 0.15) is 20.8 Å². The van der Waals surface area contributed by atoms with Crippen LogP contribution in [0.2, 0.25) is 5.02 Å². The summed E-state index contributed by atoms with van der Waals surface area (Å²) in [5, 5.41) is 7.44. The fourth-order valence-electron chi connectivity index (χ4n) is 1.66. The Kier molecular flexibility index (Phi) is 6.75. The lowest BCUT2D eigenvalue weighted by atomic mass is 10.1. The van der Waals surface area contributed by atoms with Crippen LogP contribution in [-0.4, -0.2) is 29.0 Å². The molecule has 1 heterocycles. The summed E-state index contributed by atoms with van der Waals surface area (Å²) in [4.78, 5) is 12.0. The van der Waals surface area contributed by atoms with Crippen molar-refractivity contribution >= 4 is 17.3 Å². The number of allylic oxidation sites excluding steroid dienone is 1. The van der Waals surface area contributed by atoms with Gasteiger partial charge in [0.2, 0.25) is 0 Å². The number of ether oxygens (including phenoxy) is 1. The average Bonchev–Trinajstić information content (AvgIpc) is 2.42. The Morgan fingerprint density at radius 2 is 2.30 bits per heavy atom. The lowest BCUT2D eigenvalue weighted by Crippen LogP contribution is -2.32. The molecule has 0 fully saturated rings. The molecule has 1 atom stereocenters. The van der Waals surface area contributed by atoms with Gasteiger partial charge in [-0.2, -0.15) is 5.10 Å². The highest BCUT2D eigenvalue weighted by atomic mass is 35.5. The second-order valence-corrected chi connectivity index (χ2v) is 5.18. The third kappa shape index (κ3) is 4.35. The van der Waals surface area contributed by atoms with Crippen molar-refractivity contribution in [3.05, 3.63) is 34.2 Å². The van der Waals surface area contributed by atoms with Gasteiger partial charge in [-0.1, -0.05) is 31.5 Å². The van der Waals surface area contributed by atoms with Gasteiger partial charge in [-0.05, 0) is 12.8 Å². The van der Waals surface area contributed by atoms with Crippen LogP contribution in [-0.2, 0) is 11.3 Å². The van der Waals surface area contributed by atoms with E-state index < -0.39 is 0 Å². The molecule has 1 aromatic heterocycles. The summed E-state index contributed by atoms with van der Waals surface area (Å²) in [7, 11) is 0. The maximum absolute atomic E-state index is 12.0. The van der Waals surface area contributed by atoms with Crippen molar-refractivity contribution < 1.29 is 4.74 Å². The molecule has 1 rings (SSSR count). The molecule has 0 aromatic carbocycles. The molecule has 0 amide bonds. The Bertz CT molecular complexity index is 500. The maximum atomic E-state index is 12.0. The zero-order valence-electron chi connectivity index (χ0n) is 12.2. The second kappa shape index (κ2) is 8.07. The van der Waals surface area contributed by atoms with Crippen LogP contribution in [0.3, 0.4) is 0 Å². The van der Waals surface area contributed by atoms with Gasteiger partial charge in [0.15, 0.2) is 0 Å². The quantitative estimate of drug-likeness (QED) is 0.750. The third-order valence-electron chi connectivity index (χ3n) is 2.93. The van der Waals surface area contributed by atoms with Crippen molar-refractivity contribution in [1.82, 2.24) is 9.78 Å². The topological polar surface area (TPSA) is 56.1 Å². The molecule has 112 valence electrons. The highest BCUT2D eigenvalue weighted by molar-refractivity contribution is 6.32. The average molecular weight is 300 g/mol. The zero-order chi connectivity index (χ0) is 15.1. The molecule has 0 saturated heterocycles. The van der Waals surface area contributed by atoms with Gasteiger partial charge < -0.3 is 10.1 Å². The van der Waals surface area contributed by atoms with Crippen molar-refractivity contribution in [3.63, 3.8) is 0 Å². The van der Waals surface area contributed by atoms with E-state index in [2.05, 4.69) is 30.8 Å². The minimum Gasteiger partial charge on any atom is -0.380 e. The normalized spacial score (nSPS) is 12.4. The van der Waals surface area contributed by atoms with Gasteiger partial charge in [0.1, 0.15) is 5.02 Å². The third-order valence-corrected chi connectivity index (χ3v) is 3.30. The predicted molar refractivity (Wildman–Crippen MR) is 82.4 cm³/mol. The monoisotopic (exact) mass is 299 g/mol. The Morgan fingerprint density at radius 3 is 2.85 bits per heavy atom. The molecule has 1 aromatic rings. The van der Waals surface area contributed by atoms with Crippen molar-refractivity contribution in [2.45, 2.75) is 33.4 Å². The van der Waals surface area contributed by atoms with E-state index in [1.54, 1.807) is 12.3 Å². The minimum absolute atomic E-state index is 0.0731. The molecule has 0 aliphatic rings. The summed E-state index contributed by atoms with van der Waals surface area (Å²) in [6.07, 6.45) is 3.17. The first-order valence-corrected chi connectivity index (χ1v) is 7.09. The van der Waals surface area contributed by atoms with Gasteiger partial charge in [0.25, 0.3) is 5.56 Å². The first-order valence-electron chi connectivity index (χ1n) is 6.72.